The third kappa shape index (κ3) is 3.52. The van der Waals surface area contributed by atoms with Gasteiger partial charge in [0.25, 0.3) is 0 Å². The van der Waals surface area contributed by atoms with Crippen LogP contribution in [0.4, 0.5) is 0 Å². The third-order valence-electron chi connectivity index (χ3n) is 4.11. The topological polar surface area (TPSA) is 57.4 Å². The van der Waals surface area contributed by atoms with Gasteiger partial charge in [0.05, 0.1) is 12.3 Å². The van der Waals surface area contributed by atoms with Crippen molar-refractivity contribution < 1.29 is 5.11 Å². The fourth-order valence-electron chi connectivity index (χ4n) is 2.95. The van der Waals surface area contributed by atoms with E-state index in [0.717, 1.165) is 50.5 Å². The molecule has 1 saturated heterocycles. The highest BCUT2D eigenvalue weighted by Gasteiger charge is 2.19. The van der Waals surface area contributed by atoms with Crippen LogP contribution >= 0.6 is 0 Å². The van der Waals surface area contributed by atoms with Crippen LogP contribution in [0.5, 0.6) is 0 Å². The van der Waals surface area contributed by atoms with Crippen LogP contribution in [-0.4, -0.2) is 69.0 Å². The molecule has 1 aliphatic heterocycles. The summed E-state index contributed by atoms with van der Waals surface area (Å²) in [4.78, 5) is 8.95. The molecular formula is C16H23N5O. The van der Waals surface area contributed by atoms with E-state index >= 15 is 0 Å². The van der Waals surface area contributed by atoms with Crippen molar-refractivity contribution in [3.05, 3.63) is 36.3 Å². The Balaban J connectivity index is 1.69. The summed E-state index contributed by atoms with van der Waals surface area (Å²) in [5.41, 5.74) is 3.33. The molecule has 0 unspecified atom stereocenters. The first kappa shape index (κ1) is 15.1. The van der Waals surface area contributed by atoms with E-state index in [1.54, 1.807) is 6.20 Å². The van der Waals surface area contributed by atoms with Gasteiger partial charge in [-0.05, 0) is 12.1 Å². The zero-order chi connectivity index (χ0) is 15.4. The standard InChI is InChI=1S/C16H23N5O/c1-19-12-15(16(18-19)14-3-2-4-17-11-14)13-21-7-5-20(6-8-21)9-10-22/h2-4,11-12,22H,5-10,13H2,1H3. The molecule has 2 aromatic rings. The van der Waals surface area contributed by atoms with Gasteiger partial charge in [-0.25, -0.2) is 0 Å². The van der Waals surface area contributed by atoms with Crippen molar-refractivity contribution >= 4 is 0 Å². The largest absolute Gasteiger partial charge is 0.395 e. The number of aliphatic hydroxyl groups is 1. The zero-order valence-electron chi connectivity index (χ0n) is 13.0. The van der Waals surface area contributed by atoms with E-state index in [4.69, 9.17) is 5.11 Å². The fourth-order valence-corrected chi connectivity index (χ4v) is 2.95. The first-order valence-corrected chi connectivity index (χ1v) is 7.75. The van der Waals surface area contributed by atoms with Gasteiger partial charge >= 0.3 is 0 Å². The molecule has 6 heteroatoms. The summed E-state index contributed by atoms with van der Waals surface area (Å²) in [5.74, 6) is 0. The average Bonchev–Trinajstić information content (AvgIpc) is 2.91. The molecule has 3 rings (SSSR count). The number of piperazine rings is 1. The highest BCUT2D eigenvalue weighted by atomic mass is 16.3. The molecule has 22 heavy (non-hydrogen) atoms. The van der Waals surface area contributed by atoms with Crippen molar-refractivity contribution in [3.8, 4) is 11.3 Å². The molecule has 0 spiro atoms. The molecular weight excluding hydrogens is 278 g/mol. The van der Waals surface area contributed by atoms with Gasteiger partial charge in [0.15, 0.2) is 0 Å². The fraction of sp³-hybridized carbons (Fsp3) is 0.500. The molecule has 0 amide bonds. The van der Waals surface area contributed by atoms with Crippen LogP contribution in [0.3, 0.4) is 0 Å². The highest BCUT2D eigenvalue weighted by molar-refractivity contribution is 5.61. The zero-order valence-corrected chi connectivity index (χ0v) is 13.0. The minimum Gasteiger partial charge on any atom is -0.395 e. The lowest BCUT2D eigenvalue weighted by Gasteiger charge is -2.34. The molecule has 1 N–H and O–H groups in total. The van der Waals surface area contributed by atoms with Crippen molar-refractivity contribution in [2.75, 3.05) is 39.3 Å². The van der Waals surface area contributed by atoms with Crippen LogP contribution in [0.25, 0.3) is 11.3 Å². The van der Waals surface area contributed by atoms with E-state index in [-0.39, 0.29) is 6.61 Å². The molecule has 0 aromatic carbocycles. The number of aromatic nitrogens is 3. The van der Waals surface area contributed by atoms with E-state index < -0.39 is 0 Å². The Labute approximate surface area is 131 Å². The van der Waals surface area contributed by atoms with Gasteiger partial charge in [-0.2, -0.15) is 5.10 Å². The molecule has 0 bridgehead atoms. The minimum absolute atomic E-state index is 0.244. The van der Waals surface area contributed by atoms with Crippen LogP contribution in [0.1, 0.15) is 5.56 Å². The van der Waals surface area contributed by atoms with Gasteiger partial charge in [-0.3, -0.25) is 19.5 Å². The molecule has 1 aliphatic rings. The van der Waals surface area contributed by atoms with Gasteiger partial charge in [-0.15, -0.1) is 0 Å². The Morgan fingerprint density at radius 2 is 1.95 bits per heavy atom. The Morgan fingerprint density at radius 3 is 2.64 bits per heavy atom. The maximum absolute atomic E-state index is 9.01. The number of hydrogen-bond acceptors (Lipinski definition) is 5. The molecule has 1 fully saturated rings. The quantitative estimate of drug-likeness (QED) is 0.876. The predicted molar refractivity (Wildman–Crippen MR) is 85.2 cm³/mol. The average molecular weight is 301 g/mol. The number of pyridine rings is 1. The lowest BCUT2D eigenvalue weighted by molar-refractivity contribution is 0.108. The second-order valence-corrected chi connectivity index (χ2v) is 5.76. The number of hydrogen-bond donors (Lipinski definition) is 1. The van der Waals surface area contributed by atoms with Gasteiger partial charge in [0, 0.05) is 76.0 Å². The molecule has 0 radical (unpaired) electrons. The maximum Gasteiger partial charge on any atom is 0.0983 e. The van der Waals surface area contributed by atoms with Crippen LogP contribution in [0, 0.1) is 0 Å². The molecule has 118 valence electrons. The van der Waals surface area contributed by atoms with Gasteiger partial charge in [0.2, 0.25) is 0 Å². The number of β-amino-alcohol motifs (C(OH)–C–C–N with tert-alkyl or cyclic N) is 1. The summed E-state index contributed by atoms with van der Waals surface area (Å²) in [7, 11) is 1.96. The van der Waals surface area contributed by atoms with Gasteiger partial charge in [0.1, 0.15) is 0 Å². The Bertz CT molecular complexity index is 590. The van der Waals surface area contributed by atoms with Crippen molar-refractivity contribution in [1.82, 2.24) is 24.6 Å². The summed E-state index contributed by atoms with van der Waals surface area (Å²) in [6, 6.07) is 4.00. The number of aryl methyl sites for hydroxylation is 1. The maximum atomic E-state index is 9.01. The van der Waals surface area contributed by atoms with Crippen molar-refractivity contribution in [2.45, 2.75) is 6.54 Å². The summed E-state index contributed by atoms with van der Waals surface area (Å²) in [6.07, 6.45) is 5.75. The van der Waals surface area contributed by atoms with E-state index in [1.807, 2.05) is 24.0 Å². The molecule has 0 saturated carbocycles. The van der Waals surface area contributed by atoms with Crippen molar-refractivity contribution in [2.24, 2.45) is 7.05 Å². The van der Waals surface area contributed by atoms with Gasteiger partial charge < -0.3 is 5.11 Å². The summed E-state index contributed by atoms with van der Waals surface area (Å²) < 4.78 is 1.87. The van der Waals surface area contributed by atoms with Crippen molar-refractivity contribution in [1.29, 1.82) is 0 Å². The van der Waals surface area contributed by atoms with E-state index in [9.17, 15) is 0 Å². The van der Waals surface area contributed by atoms with Crippen LogP contribution in [0.15, 0.2) is 30.7 Å². The first-order valence-electron chi connectivity index (χ1n) is 7.75. The normalized spacial score (nSPS) is 17.0. The van der Waals surface area contributed by atoms with Crippen LogP contribution in [-0.2, 0) is 13.6 Å². The predicted octanol–water partition coefficient (Wildman–Crippen LogP) is 0.592. The first-order chi connectivity index (χ1) is 10.8. The third-order valence-corrected chi connectivity index (χ3v) is 4.11. The Morgan fingerprint density at radius 1 is 1.18 bits per heavy atom. The molecule has 3 heterocycles. The number of rotatable bonds is 5. The molecule has 0 atom stereocenters. The summed E-state index contributed by atoms with van der Waals surface area (Å²) >= 11 is 0. The van der Waals surface area contributed by atoms with E-state index in [2.05, 4.69) is 32.1 Å². The minimum atomic E-state index is 0.244. The van der Waals surface area contributed by atoms with E-state index in [1.165, 1.54) is 5.56 Å². The SMILES string of the molecule is Cn1cc(CN2CCN(CCO)CC2)c(-c2cccnc2)n1. The van der Waals surface area contributed by atoms with Crippen molar-refractivity contribution in [3.63, 3.8) is 0 Å². The summed E-state index contributed by atoms with van der Waals surface area (Å²) in [6.45, 7) is 6.02. The lowest BCUT2D eigenvalue weighted by Crippen LogP contribution is -2.46. The van der Waals surface area contributed by atoms with Crippen LogP contribution < -0.4 is 0 Å². The van der Waals surface area contributed by atoms with Crippen LogP contribution in [0.2, 0.25) is 0 Å². The number of nitrogens with zero attached hydrogens (tertiary/aromatic N) is 5. The smallest absolute Gasteiger partial charge is 0.0983 e. The Kier molecular flexibility index (Phi) is 4.82. The second kappa shape index (κ2) is 7.00. The molecule has 2 aromatic heterocycles. The molecule has 0 aliphatic carbocycles. The second-order valence-electron chi connectivity index (χ2n) is 5.76. The summed E-state index contributed by atoms with van der Waals surface area (Å²) in [5, 5.41) is 13.6. The van der Waals surface area contributed by atoms with E-state index in [0.29, 0.717) is 0 Å². The monoisotopic (exact) mass is 301 g/mol. The lowest BCUT2D eigenvalue weighted by atomic mass is 10.1. The molecule has 6 nitrogen and oxygen atoms in total. The van der Waals surface area contributed by atoms with Gasteiger partial charge in [-0.1, -0.05) is 0 Å². The Hall–Kier alpha value is -1.76. The number of aliphatic hydroxyl groups excluding tert-OH is 1. The highest BCUT2D eigenvalue weighted by Crippen LogP contribution is 2.22.